The van der Waals surface area contributed by atoms with Crippen molar-refractivity contribution in [2.45, 2.75) is 32.1 Å². The summed E-state index contributed by atoms with van der Waals surface area (Å²) in [4.78, 5) is 11.9. The van der Waals surface area contributed by atoms with Crippen molar-refractivity contribution in [3.8, 4) is 12.1 Å². The predicted molar refractivity (Wildman–Crippen MR) is 90.1 cm³/mol. The molecule has 4 heteroatoms. The molecule has 3 nitrogen and oxygen atoms in total. The summed E-state index contributed by atoms with van der Waals surface area (Å²) in [5, 5.41) is 18.6. The molecule has 0 N–H and O–H groups in total. The summed E-state index contributed by atoms with van der Waals surface area (Å²) in [5.74, 6) is 0.104. The lowest BCUT2D eigenvalue weighted by atomic mass is 9.48. The van der Waals surface area contributed by atoms with Crippen molar-refractivity contribution in [2.24, 2.45) is 17.3 Å². The van der Waals surface area contributed by atoms with Crippen molar-refractivity contribution < 1.29 is 4.79 Å². The maximum Gasteiger partial charge on any atom is 0.129 e. The summed E-state index contributed by atoms with van der Waals surface area (Å²) in [7, 11) is 0. The summed E-state index contributed by atoms with van der Waals surface area (Å²) in [6, 6.07) is 12.2. The number of hydrogen-bond acceptors (Lipinski definition) is 3. The van der Waals surface area contributed by atoms with Crippen LogP contribution in [0.1, 0.15) is 37.7 Å². The van der Waals surface area contributed by atoms with E-state index in [1.807, 2.05) is 24.3 Å². The van der Waals surface area contributed by atoms with E-state index in [4.69, 9.17) is 0 Å². The van der Waals surface area contributed by atoms with Crippen LogP contribution >= 0.6 is 15.9 Å². The van der Waals surface area contributed by atoms with Crippen LogP contribution in [0.15, 0.2) is 39.9 Å². The smallest absolute Gasteiger partial charge is 0.129 e. The molecule has 0 spiro atoms. The second kappa shape index (κ2) is 5.95. The number of fused-ring (bicyclic) bond motifs is 3. The minimum absolute atomic E-state index is 0.0554. The highest BCUT2D eigenvalue weighted by atomic mass is 79.9. The van der Waals surface area contributed by atoms with E-state index in [0.717, 1.165) is 34.7 Å². The Morgan fingerprint density at radius 1 is 1.30 bits per heavy atom. The van der Waals surface area contributed by atoms with Gasteiger partial charge in [0.1, 0.15) is 24.0 Å². The van der Waals surface area contributed by atoms with Gasteiger partial charge >= 0.3 is 0 Å². The van der Waals surface area contributed by atoms with Crippen LogP contribution in [0.2, 0.25) is 0 Å². The highest BCUT2D eigenvalue weighted by Crippen LogP contribution is 2.61. The van der Waals surface area contributed by atoms with Gasteiger partial charge in [-0.2, -0.15) is 10.5 Å². The standard InChI is InChI=1S/C19H17BrN2O/c1-19-7-6-15(16(8-19)13(9-21)10-22)18(17(19)11-23)12-2-4-14(20)5-3-12/h2-5,11,15,17-18H,6-8H2,1H3. The van der Waals surface area contributed by atoms with Crippen LogP contribution in [0.4, 0.5) is 0 Å². The highest BCUT2D eigenvalue weighted by Gasteiger charge is 2.53. The van der Waals surface area contributed by atoms with Crippen LogP contribution in [0.5, 0.6) is 0 Å². The van der Waals surface area contributed by atoms with Gasteiger partial charge in [0.25, 0.3) is 0 Å². The lowest BCUT2D eigenvalue weighted by Crippen LogP contribution is -2.47. The summed E-state index contributed by atoms with van der Waals surface area (Å²) in [6.45, 7) is 2.12. The van der Waals surface area contributed by atoms with Crippen molar-refractivity contribution in [3.63, 3.8) is 0 Å². The Hall–Kier alpha value is -1.91. The molecule has 116 valence electrons. The zero-order chi connectivity index (χ0) is 16.6. The normalized spacial score (nSPS) is 32.0. The number of benzene rings is 1. The number of carbonyl (C=O) groups excluding carboxylic acids is 1. The molecule has 2 bridgehead atoms. The molecule has 4 rings (SSSR count). The Kier molecular flexibility index (Phi) is 4.13. The van der Waals surface area contributed by atoms with Crippen molar-refractivity contribution >= 4 is 22.2 Å². The SMILES string of the molecule is CC12CCC(C(=C(C#N)C#N)C1)C(c1ccc(Br)cc1)C2C=O. The van der Waals surface area contributed by atoms with Crippen molar-refractivity contribution in [1.82, 2.24) is 0 Å². The van der Waals surface area contributed by atoms with Crippen LogP contribution in [-0.4, -0.2) is 6.29 Å². The largest absolute Gasteiger partial charge is 0.303 e. The second-order valence-corrected chi connectivity index (χ2v) is 7.75. The highest BCUT2D eigenvalue weighted by molar-refractivity contribution is 9.10. The van der Waals surface area contributed by atoms with E-state index < -0.39 is 0 Å². The molecule has 3 aliphatic rings. The first kappa shape index (κ1) is 16.0. The Morgan fingerprint density at radius 3 is 2.52 bits per heavy atom. The molecule has 0 amide bonds. The van der Waals surface area contributed by atoms with E-state index in [1.165, 1.54) is 0 Å². The molecule has 23 heavy (non-hydrogen) atoms. The number of carbonyl (C=O) groups is 1. The summed E-state index contributed by atoms with van der Waals surface area (Å²) in [5.41, 5.74) is 2.15. The maximum atomic E-state index is 11.9. The van der Waals surface area contributed by atoms with Crippen molar-refractivity contribution in [1.29, 1.82) is 10.5 Å². The zero-order valence-corrected chi connectivity index (χ0v) is 14.5. The maximum absolute atomic E-state index is 11.9. The fourth-order valence-corrected chi connectivity index (χ4v) is 4.76. The van der Waals surface area contributed by atoms with E-state index in [1.54, 1.807) is 0 Å². The molecule has 4 unspecified atom stereocenters. The molecule has 1 aromatic carbocycles. The molecule has 0 aliphatic heterocycles. The number of hydrogen-bond donors (Lipinski definition) is 0. The van der Waals surface area contributed by atoms with Gasteiger partial charge in [-0.15, -0.1) is 0 Å². The monoisotopic (exact) mass is 368 g/mol. The van der Waals surface area contributed by atoms with Gasteiger partial charge in [-0.25, -0.2) is 0 Å². The lowest BCUT2D eigenvalue weighted by Gasteiger charge is -2.54. The summed E-state index contributed by atoms with van der Waals surface area (Å²) < 4.78 is 1.00. The van der Waals surface area contributed by atoms with Crippen molar-refractivity contribution in [3.05, 3.63) is 45.4 Å². The number of allylic oxidation sites excluding steroid dienone is 2. The molecule has 1 aromatic rings. The van der Waals surface area contributed by atoms with E-state index in [9.17, 15) is 15.3 Å². The molecule has 4 atom stereocenters. The van der Waals surface area contributed by atoms with Gasteiger partial charge < -0.3 is 4.79 Å². The molecule has 0 aromatic heterocycles. The molecule has 0 radical (unpaired) electrons. The predicted octanol–water partition coefficient (Wildman–Crippen LogP) is 4.51. The van der Waals surface area contributed by atoms with Crippen LogP contribution < -0.4 is 0 Å². The Labute approximate surface area is 144 Å². The summed E-state index contributed by atoms with van der Waals surface area (Å²) in [6.07, 6.45) is 3.68. The van der Waals surface area contributed by atoms with Gasteiger partial charge in [-0.3, -0.25) is 0 Å². The first-order chi connectivity index (χ1) is 11.0. The van der Waals surface area contributed by atoms with Gasteiger partial charge in [0.15, 0.2) is 0 Å². The Morgan fingerprint density at radius 2 is 1.96 bits per heavy atom. The van der Waals surface area contributed by atoms with Gasteiger partial charge in [-0.1, -0.05) is 35.0 Å². The van der Waals surface area contributed by atoms with Crippen molar-refractivity contribution in [2.75, 3.05) is 0 Å². The molecule has 0 saturated heterocycles. The Balaban J connectivity index is 2.15. The number of rotatable bonds is 2. The molecule has 3 aliphatic carbocycles. The van der Waals surface area contributed by atoms with Crippen LogP contribution in [-0.2, 0) is 4.79 Å². The van der Waals surface area contributed by atoms with Gasteiger partial charge in [0, 0.05) is 16.3 Å². The fourth-order valence-electron chi connectivity index (χ4n) is 4.49. The van der Waals surface area contributed by atoms with E-state index in [2.05, 4.69) is 35.0 Å². The quantitative estimate of drug-likeness (QED) is 0.569. The third-order valence-electron chi connectivity index (χ3n) is 5.64. The first-order valence-corrected chi connectivity index (χ1v) is 8.57. The summed E-state index contributed by atoms with van der Waals surface area (Å²) >= 11 is 3.45. The average Bonchev–Trinajstić information content (AvgIpc) is 2.56. The topological polar surface area (TPSA) is 64.7 Å². The average molecular weight is 369 g/mol. The van der Waals surface area contributed by atoms with Crippen LogP contribution in [0, 0.1) is 39.9 Å². The van der Waals surface area contributed by atoms with Gasteiger partial charge in [0.05, 0.1) is 0 Å². The van der Waals surface area contributed by atoms with E-state index in [-0.39, 0.29) is 28.7 Å². The number of halogens is 1. The third-order valence-corrected chi connectivity index (χ3v) is 6.17. The molecule has 3 fully saturated rings. The van der Waals surface area contributed by atoms with Gasteiger partial charge in [-0.05, 0) is 53.9 Å². The second-order valence-electron chi connectivity index (χ2n) is 6.84. The number of aldehydes is 1. The van der Waals surface area contributed by atoms with E-state index >= 15 is 0 Å². The Bertz CT molecular complexity index is 737. The third kappa shape index (κ3) is 2.52. The molecule has 3 saturated carbocycles. The lowest BCUT2D eigenvalue weighted by molar-refractivity contribution is -0.120. The fraction of sp³-hybridized carbons (Fsp3) is 0.421. The molecule has 0 heterocycles. The zero-order valence-electron chi connectivity index (χ0n) is 12.9. The minimum Gasteiger partial charge on any atom is -0.303 e. The first-order valence-electron chi connectivity index (χ1n) is 7.78. The molecular formula is C19H17BrN2O. The molecular weight excluding hydrogens is 352 g/mol. The van der Waals surface area contributed by atoms with E-state index in [0.29, 0.717) is 6.42 Å². The van der Waals surface area contributed by atoms with Crippen LogP contribution in [0.25, 0.3) is 0 Å². The number of nitrogens with zero attached hydrogens (tertiary/aromatic N) is 2. The van der Waals surface area contributed by atoms with Crippen LogP contribution in [0.3, 0.4) is 0 Å². The van der Waals surface area contributed by atoms with Gasteiger partial charge in [0.2, 0.25) is 0 Å². The minimum atomic E-state index is -0.164. The number of nitriles is 2.